The molecule has 3 rings (SSSR count). The molecule has 0 saturated carbocycles. The van der Waals surface area contributed by atoms with Crippen LogP contribution in [0.1, 0.15) is 18.5 Å². The molecule has 3 heterocycles. The quantitative estimate of drug-likeness (QED) is 0.868. The van der Waals surface area contributed by atoms with E-state index in [2.05, 4.69) is 19.9 Å². The van der Waals surface area contributed by atoms with Gasteiger partial charge in [0.05, 0.1) is 18.1 Å². The Morgan fingerprint density at radius 1 is 1.19 bits per heavy atom. The van der Waals surface area contributed by atoms with E-state index in [0.717, 1.165) is 37.4 Å². The second kappa shape index (κ2) is 6.03. The first-order chi connectivity index (χ1) is 10.2. The minimum absolute atomic E-state index is 0.137. The summed E-state index contributed by atoms with van der Waals surface area (Å²) in [5, 5.41) is 0. The Labute approximate surface area is 122 Å². The number of nitrogens with zero attached hydrogens (tertiary/aromatic N) is 4. The Bertz CT molecular complexity index is 597. The van der Waals surface area contributed by atoms with Crippen LogP contribution in [0.25, 0.3) is 0 Å². The van der Waals surface area contributed by atoms with Crippen LogP contribution in [-0.2, 0) is 0 Å². The maximum absolute atomic E-state index is 12.9. The molecule has 0 spiro atoms. The number of halogens is 1. The Hall–Kier alpha value is -2.24. The van der Waals surface area contributed by atoms with Crippen molar-refractivity contribution >= 4 is 5.82 Å². The number of hydrogen-bond acceptors (Lipinski definition) is 5. The van der Waals surface area contributed by atoms with Gasteiger partial charge in [-0.05, 0) is 19.1 Å². The molecule has 0 N–H and O–H groups in total. The minimum atomic E-state index is -0.310. The van der Waals surface area contributed by atoms with Gasteiger partial charge >= 0.3 is 0 Å². The zero-order valence-corrected chi connectivity index (χ0v) is 11.9. The molecule has 110 valence electrons. The van der Waals surface area contributed by atoms with Crippen LogP contribution in [-0.4, -0.2) is 34.1 Å². The molecular formula is C15H17FN4O. The molecule has 1 fully saturated rings. The number of aromatic nitrogens is 3. The zero-order valence-electron chi connectivity index (χ0n) is 11.9. The van der Waals surface area contributed by atoms with Crippen molar-refractivity contribution in [3.05, 3.63) is 42.2 Å². The number of hydrogen-bond donors (Lipinski definition) is 0. The number of piperidine rings is 1. The van der Waals surface area contributed by atoms with E-state index < -0.39 is 0 Å². The lowest BCUT2D eigenvalue weighted by molar-refractivity contribution is 0.163. The summed E-state index contributed by atoms with van der Waals surface area (Å²) in [6.07, 6.45) is 6.50. The van der Waals surface area contributed by atoms with Gasteiger partial charge in [-0.3, -0.25) is 4.98 Å². The topological polar surface area (TPSA) is 51.1 Å². The van der Waals surface area contributed by atoms with Crippen LogP contribution < -0.4 is 9.64 Å². The highest BCUT2D eigenvalue weighted by Gasteiger charge is 2.21. The maximum Gasteiger partial charge on any atom is 0.232 e. The first-order valence-electron chi connectivity index (χ1n) is 7.02. The van der Waals surface area contributed by atoms with E-state index in [0.29, 0.717) is 5.88 Å². The summed E-state index contributed by atoms with van der Waals surface area (Å²) in [6, 6.07) is 3.15. The smallest absolute Gasteiger partial charge is 0.232 e. The average molecular weight is 288 g/mol. The summed E-state index contributed by atoms with van der Waals surface area (Å²) in [4.78, 5) is 14.6. The summed E-state index contributed by atoms with van der Waals surface area (Å²) >= 11 is 0. The highest BCUT2D eigenvalue weighted by molar-refractivity contribution is 5.38. The minimum Gasteiger partial charge on any atom is -0.473 e. The standard InChI is InChI=1S/C15H17FN4O/c1-11-8-17-10-15(19-11)21-13-4-6-20(7-5-13)14-3-2-12(16)9-18-14/h2-3,8-10,13H,4-7H2,1H3. The van der Waals surface area contributed by atoms with Gasteiger partial charge in [0.15, 0.2) is 0 Å². The van der Waals surface area contributed by atoms with Crippen LogP contribution in [0.2, 0.25) is 0 Å². The number of aryl methyl sites for hydroxylation is 1. The second-order valence-corrected chi connectivity index (χ2v) is 5.14. The third-order valence-corrected chi connectivity index (χ3v) is 3.50. The Balaban J connectivity index is 1.56. The number of pyridine rings is 1. The Kier molecular flexibility index (Phi) is 3.94. The van der Waals surface area contributed by atoms with Crippen molar-refractivity contribution in [1.29, 1.82) is 0 Å². The predicted octanol–water partition coefficient (Wildman–Crippen LogP) is 2.37. The van der Waals surface area contributed by atoms with Gasteiger partial charge in [-0.2, -0.15) is 0 Å². The lowest BCUT2D eigenvalue weighted by Gasteiger charge is -2.32. The first kappa shape index (κ1) is 13.7. The average Bonchev–Trinajstić information content (AvgIpc) is 2.49. The van der Waals surface area contributed by atoms with E-state index in [9.17, 15) is 4.39 Å². The maximum atomic E-state index is 12.9. The molecule has 0 unspecified atom stereocenters. The molecule has 0 amide bonds. The summed E-state index contributed by atoms with van der Waals surface area (Å²) in [5.74, 6) is 1.08. The molecule has 0 radical (unpaired) electrons. The van der Waals surface area contributed by atoms with Crippen molar-refractivity contribution in [3.63, 3.8) is 0 Å². The normalized spacial score (nSPS) is 16.0. The van der Waals surface area contributed by atoms with Gasteiger partial charge in [-0.1, -0.05) is 0 Å². The van der Waals surface area contributed by atoms with E-state index in [-0.39, 0.29) is 11.9 Å². The number of anilines is 1. The second-order valence-electron chi connectivity index (χ2n) is 5.14. The third kappa shape index (κ3) is 3.45. The molecule has 1 saturated heterocycles. The number of ether oxygens (including phenoxy) is 1. The van der Waals surface area contributed by atoms with Crippen molar-refractivity contribution in [1.82, 2.24) is 15.0 Å². The third-order valence-electron chi connectivity index (χ3n) is 3.50. The molecule has 0 bridgehead atoms. The fourth-order valence-electron chi connectivity index (χ4n) is 2.43. The highest BCUT2D eigenvalue weighted by atomic mass is 19.1. The molecule has 0 aliphatic carbocycles. The molecular weight excluding hydrogens is 271 g/mol. The molecule has 6 heteroatoms. The molecule has 1 aliphatic rings. The van der Waals surface area contributed by atoms with E-state index in [4.69, 9.17) is 4.74 Å². The largest absolute Gasteiger partial charge is 0.473 e. The van der Waals surface area contributed by atoms with Crippen molar-refractivity contribution in [3.8, 4) is 5.88 Å². The SMILES string of the molecule is Cc1cncc(OC2CCN(c3ccc(F)cn3)CC2)n1. The van der Waals surface area contributed by atoms with Gasteiger partial charge in [0.2, 0.25) is 5.88 Å². The fraction of sp³-hybridized carbons (Fsp3) is 0.400. The molecule has 0 aromatic carbocycles. The van der Waals surface area contributed by atoms with E-state index in [1.165, 1.54) is 12.3 Å². The fourth-order valence-corrected chi connectivity index (χ4v) is 2.43. The van der Waals surface area contributed by atoms with Crippen LogP contribution in [0, 0.1) is 12.7 Å². The highest BCUT2D eigenvalue weighted by Crippen LogP contribution is 2.20. The van der Waals surface area contributed by atoms with Gasteiger partial charge in [-0.15, -0.1) is 0 Å². The number of rotatable bonds is 3. The van der Waals surface area contributed by atoms with Crippen molar-refractivity contribution in [2.24, 2.45) is 0 Å². The van der Waals surface area contributed by atoms with Crippen LogP contribution in [0.15, 0.2) is 30.7 Å². The van der Waals surface area contributed by atoms with E-state index >= 15 is 0 Å². The summed E-state index contributed by atoms with van der Waals surface area (Å²) in [5.41, 5.74) is 0.848. The summed E-state index contributed by atoms with van der Waals surface area (Å²) < 4.78 is 18.7. The van der Waals surface area contributed by atoms with E-state index in [1.54, 1.807) is 18.5 Å². The van der Waals surface area contributed by atoms with Crippen molar-refractivity contribution < 1.29 is 9.13 Å². The molecule has 0 atom stereocenters. The van der Waals surface area contributed by atoms with Crippen LogP contribution in [0.3, 0.4) is 0 Å². The molecule has 1 aliphatic heterocycles. The molecule has 2 aromatic heterocycles. The van der Waals surface area contributed by atoms with Crippen LogP contribution in [0.5, 0.6) is 5.88 Å². The lowest BCUT2D eigenvalue weighted by Crippen LogP contribution is -2.38. The van der Waals surface area contributed by atoms with Crippen molar-refractivity contribution in [2.75, 3.05) is 18.0 Å². The van der Waals surface area contributed by atoms with Crippen LogP contribution in [0.4, 0.5) is 10.2 Å². The lowest BCUT2D eigenvalue weighted by atomic mass is 10.1. The first-order valence-corrected chi connectivity index (χ1v) is 7.02. The van der Waals surface area contributed by atoms with Crippen molar-refractivity contribution in [2.45, 2.75) is 25.9 Å². The van der Waals surface area contributed by atoms with Gasteiger partial charge in [0.25, 0.3) is 0 Å². The predicted molar refractivity (Wildman–Crippen MR) is 76.8 cm³/mol. The monoisotopic (exact) mass is 288 g/mol. The summed E-state index contributed by atoms with van der Waals surface area (Å²) in [7, 11) is 0. The molecule has 5 nitrogen and oxygen atoms in total. The van der Waals surface area contributed by atoms with E-state index in [1.807, 2.05) is 6.92 Å². The van der Waals surface area contributed by atoms with Gasteiger partial charge < -0.3 is 9.64 Å². The Morgan fingerprint density at radius 2 is 2.00 bits per heavy atom. The molecule has 2 aromatic rings. The summed E-state index contributed by atoms with van der Waals surface area (Å²) in [6.45, 7) is 3.56. The van der Waals surface area contributed by atoms with Gasteiger partial charge in [-0.25, -0.2) is 14.4 Å². The van der Waals surface area contributed by atoms with Gasteiger partial charge in [0.1, 0.15) is 17.7 Å². The van der Waals surface area contributed by atoms with Crippen LogP contribution >= 0.6 is 0 Å². The molecule has 21 heavy (non-hydrogen) atoms. The van der Waals surface area contributed by atoms with Gasteiger partial charge in [0, 0.05) is 32.1 Å². The Morgan fingerprint density at radius 3 is 2.67 bits per heavy atom. The zero-order chi connectivity index (χ0) is 14.7.